The number of carbonyl (C=O) groups excluding carboxylic acids is 3. The normalized spacial score (nSPS) is 27.8. The predicted octanol–water partition coefficient (Wildman–Crippen LogP) is 3.63. The highest BCUT2D eigenvalue weighted by Gasteiger charge is 2.63. The number of alkyl halides is 4. The molecule has 1 aromatic rings. The summed E-state index contributed by atoms with van der Waals surface area (Å²) in [5.74, 6) is -13.1. The van der Waals surface area contributed by atoms with Crippen LogP contribution in [0.25, 0.3) is 0 Å². The zero-order valence-electron chi connectivity index (χ0n) is 18.7. The highest BCUT2D eigenvalue weighted by atomic mass is 35.5. The molecular weight excluding hydrogens is 527 g/mol. The Morgan fingerprint density at radius 3 is 2.44 bits per heavy atom. The lowest BCUT2D eigenvalue weighted by Crippen LogP contribution is -2.70. The van der Waals surface area contributed by atoms with Crippen LogP contribution in [0.4, 0.5) is 17.6 Å². The Labute approximate surface area is 214 Å². The molecule has 194 valence electrons. The van der Waals surface area contributed by atoms with Crippen LogP contribution in [-0.4, -0.2) is 53.2 Å². The van der Waals surface area contributed by atoms with Gasteiger partial charge in [0.2, 0.25) is 11.8 Å². The molecule has 2 bridgehead atoms. The van der Waals surface area contributed by atoms with Gasteiger partial charge in [0.15, 0.2) is 0 Å². The number of halogens is 6. The number of piperidine rings is 2. The van der Waals surface area contributed by atoms with Crippen LogP contribution in [0, 0.1) is 23.2 Å². The van der Waals surface area contributed by atoms with Gasteiger partial charge in [0.25, 0.3) is 11.8 Å². The molecule has 3 saturated heterocycles. The lowest BCUT2D eigenvalue weighted by atomic mass is 9.71. The van der Waals surface area contributed by atoms with Gasteiger partial charge in [-0.1, -0.05) is 23.2 Å². The van der Waals surface area contributed by atoms with Crippen LogP contribution in [-0.2, 0) is 20.3 Å². The molecule has 13 heteroatoms. The first kappa shape index (κ1) is 26.5. The molecule has 0 spiro atoms. The van der Waals surface area contributed by atoms with Crippen molar-refractivity contribution in [3.8, 4) is 6.07 Å². The largest absolute Gasteiger partial charge is 0.356 e. The molecule has 3 heterocycles. The second-order valence-corrected chi connectivity index (χ2v) is 10.3. The summed E-state index contributed by atoms with van der Waals surface area (Å²) < 4.78 is 60.4. The van der Waals surface area contributed by atoms with Crippen molar-refractivity contribution < 1.29 is 31.9 Å². The van der Waals surface area contributed by atoms with Crippen molar-refractivity contribution >= 4 is 40.9 Å². The van der Waals surface area contributed by atoms with Crippen molar-refractivity contribution in [1.29, 1.82) is 5.26 Å². The van der Waals surface area contributed by atoms with E-state index in [9.17, 15) is 28.4 Å². The molecule has 7 nitrogen and oxygen atoms in total. The standard InChI is InChI=1S/C23H22Cl2F4N4O3/c24-13-6-12(7-14(25)8-13)23(28,29)21(36)33-16-1-2-17(22(26,27)9-16)18(33)20(35)32-15(10-30)5-11-3-4-31-19(11)34/h6-8,11,15-18H,1-5,9H2,(H,31,34)(H,32,35)/t11-,15+,16+,17+,18-/m1/s1. The summed E-state index contributed by atoms with van der Waals surface area (Å²) in [4.78, 5) is 38.8. The Morgan fingerprint density at radius 2 is 1.89 bits per heavy atom. The third kappa shape index (κ3) is 4.85. The Balaban J connectivity index is 1.63. The lowest BCUT2D eigenvalue weighted by molar-refractivity contribution is -0.207. The molecule has 2 N–H and O–H groups in total. The molecule has 5 atom stereocenters. The summed E-state index contributed by atoms with van der Waals surface area (Å²) in [6, 6.07) is 0.232. The first-order valence-electron chi connectivity index (χ1n) is 11.4. The monoisotopic (exact) mass is 548 g/mol. The fourth-order valence-electron chi connectivity index (χ4n) is 5.38. The van der Waals surface area contributed by atoms with Gasteiger partial charge in [-0.05, 0) is 43.9 Å². The van der Waals surface area contributed by atoms with Gasteiger partial charge in [-0.3, -0.25) is 14.4 Å². The fraction of sp³-hybridized carbons (Fsp3) is 0.565. The van der Waals surface area contributed by atoms with E-state index < -0.39 is 65.6 Å². The van der Waals surface area contributed by atoms with E-state index in [1.807, 2.05) is 6.07 Å². The van der Waals surface area contributed by atoms with Gasteiger partial charge in [0, 0.05) is 40.5 Å². The first-order valence-corrected chi connectivity index (χ1v) is 12.1. The quantitative estimate of drug-likeness (QED) is 0.530. The minimum Gasteiger partial charge on any atom is -0.356 e. The van der Waals surface area contributed by atoms with E-state index in [1.165, 1.54) is 6.07 Å². The average molecular weight is 549 g/mol. The number of nitrogens with zero attached hydrogens (tertiary/aromatic N) is 2. The topological polar surface area (TPSA) is 102 Å². The van der Waals surface area contributed by atoms with Crippen molar-refractivity contribution in [3.05, 3.63) is 33.8 Å². The van der Waals surface area contributed by atoms with Crippen molar-refractivity contribution in [3.63, 3.8) is 0 Å². The number of fused-ring (bicyclic) bond motifs is 3. The Morgan fingerprint density at radius 1 is 1.22 bits per heavy atom. The second-order valence-electron chi connectivity index (χ2n) is 9.40. The molecule has 1 aromatic carbocycles. The molecule has 0 aromatic heterocycles. The van der Waals surface area contributed by atoms with Gasteiger partial charge in [0.05, 0.1) is 12.0 Å². The minimum atomic E-state index is -4.21. The van der Waals surface area contributed by atoms with Gasteiger partial charge in [-0.15, -0.1) is 0 Å². The Bertz CT molecular complexity index is 1110. The zero-order chi connectivity index (χ0) is 26.4. The Hall–Kier alpha value is -2.58. The van der Waals surface area contributed by atoms with Crippen molar-refractivity contribution in [2.24, 2.45) is 11.8 Å². The Kier molecular flexibility index (Phi) is 7.14. The summed E-state index contributed by atoms with van der Waals surface area (Å²) in [5.41, 5.74) is -0.834. The van der Waals surface area contributed by atoms with Crippen LogP contribution in [0.5, 0.6) is 0 Å². The van der Waals surface area contributed by atoms with Crippen molar-refractivity contribution in [2.75, 3.05) is 6.54 Å². The van der Waals surface area contributed by atoms with Crippen LogP contribution >= 0.6 is 23.2 Å². The maximum Gasteiger partial charge on any atom is 0.350 e. The van der Waals surface area contributed by atoms with Crippen molar-refractivity contribution in [2.45, 2.75) is 62.1 Å². The predicted molar refractivity (Wildman–Crippen MR) is 120 cm³/mol. The maximum atomic E-state index is 15.4. The molecule has 1 aliphatic carbocycles. The van der Waals surface area contributed by atoms with E-state index >= 15 is 8.78 Å². The summed E-state index contributed by atoms with van der Waals surface area (Å²) in [5, 5.41) is 14.1. The highest BCUT2D eigenvalue weighted by molar-refractivity contribution is 6.34. The van der Waals surface area contributed by atoms with Crippen LogP contribution in [0.1, 0.15) is 37.7 Å². The average Bonchev–Trinajstić information content (AvgIpc) is 3.20. The van der Waals surface area contributed by atoms with E-state index in [0.717, 1.165) is 12.1 Å². The van der Waals surface area contributed by atoms with Gasteiger partial charge >= 0.3 is 5.92 Å². The number of hydrogen-bond donors (Lipinski definition) is 2. The molecule has 0 unspecified atom stereocenters. The molecule has 3 aliphatic heterocycles. The number of amides is 3. The molecule has 4 aliphatic rings. The van der Waals surface area contributed by atoms with Crippen LogP contribution in [0.15, 0.2) is 18.2 Å². The molecular formula is C23H22Cl2F4N4O3. The number of hydrogen-bond acceptors (Lipinski definition) is 4. The van der Waals surface area contributed by atoms with E-state index in [-0.39, 0.29) is 35.2 Å². The number of nitrogens with one attached hydrogen (secondary N) is 2. The highest BCUT2D eigenvalue weighted by Crippen LogP contribution is 2.50. The zero-order valence-corrected chi connectivity index (χ0v) is 20.3. The third-order valence-electron chi connectivity index (χ3n) is 7.09. The molecule has 36 heavy (non-hydrogen) atoms. The van der Waals surface area contributed by atoms with Gasteiger partial charge in [-0.25, -0.2) is 8.78 Å². The third-order valence-corrected chi connectivity index (χ3v) is 7.52. The van der Waals surface area contributed by atoms with Crippen LogP contribution in [0.2, 0.25) is 10.0 Å². The lowest BCUT2D eigenvalue weighted by Gasteiger charge is -2.54. The molecule has 4 fully saturated rings. The number of nitriles is 1. The minimum absolute atomic E-state index is 0.0199. The van der Waals surface area contributed by atoms with Crippen LogP contribution in [0.3, 0.4) is 0 Å². The van der Waals surface area contributed by atoms with Gasteiger partial charge in [-0.2, -0.15) is 14.0 Å². The smallest absolute Gasteiger partial charge is 0.350 e. The molecule has 1 saturated carbocycles. The van der Waals surface area contributed by atoms with Gasteiger partial charge < -0.3 is 15.5 Å². The van der Waals surface area contributed by atoms with E-state index in [4.69, 9.17) is 23.2 Å². The number of carbonyl (C=O) groups is 3. The fourth-order valence-corrected chi connectivity index (χ4v) is 5.90. The second kappa shape index (κ2) is 9.71. The van der Waals surface area contributed by atoms with E-state index in [2.05, 4.69) is 10.6 Å². The van der Waals surface area contributed by atoms with Crippen LogP contribution < -0.4 is 10.6 Å². The SMILES string of the molecule is N#C[C@H](C[C@H]1CCNC1=O)NC(=O)[C@H]1[C@@H]2CC[C@@H](CC2(F)F)N1C(=O)C(F)(F)c1cc(Cl)cc(Cl)c1. The summed E-state index contributed by atoms with van der Waals surface area (Å²) in [7, 11) is 0. The number of benzene rings is 1. The van der Waals surface area contributed by atoms with E-state index in [0.29, 0.717) is 17.9 Å². The molecule has 0 radical (unpaired) electrons. The van der Waals surface area contributed by atoms with E-state index in [1.54, 1.807) is 0 Å². The first-order chi connectivity index (χ1) is 16.8. The maximum absolute atomic E-state index is 15.4. The number of rotatable bonds is 6. The summed E-state index contributed by atoms with van der Waals surface area (Å²) in [6.07, 6.45) is -0.638. The summed E-state index contributed by atoms with van der Waals surface area (Å²) >= 11 is 11.6. The molecule has 5 rings (SSSR count). The van der Waals surface area contributed by atoms with Gasteiger partial charge in [0.1, 0.15) is 12.1 Å². The summed E-state index contributed by atoms with van der Waals surface area (Å²) in [6.45, 7) is 0.402. The van der Waals surface area contributed by atoms with Crippen molar-refractivity contribution in [1.82, 2.24) is 15.5 Å². The molecule has 3 amide bonds.